The van der Waals surface area contributed by atoms with E-state index in [1.807, 2.05) is 40.7 Å². The molecule has 0 atom stereocenters. The molecule has 1 rings (SSSR count). The van der Waals surface area contributed by atoms with E-state index < -0.39 is 11.7 Å². The molecule has 4 nitrogen and oxygen atoms in total. The van der Waals surface area contributed by atoms with Gasteiger partial charge in [-0.05, 0) is 57.4 Å². The van der Waals surface area contributed by atoms with Gasteiger partial charge < -0.3 is 10.5 Å². The summed E-state index contributed by atoms with van der Waals surface area (Å²) in [7, 11) is 0. The van der Waals surface area contributed by atoms with Crippen molar-refractivity contribution in [3.05, 3.63) is 22.8 Å². The molecule has 19 heavy (non-hydrogen) atoms. The van der Waals surface area contributed by atoms with Crippen LogP contribution in [0.2, 0.25) is 0 Å². The van der Waals surface area contributed by atoms with Crippen LogP contribution in [0, 0.1) is 13.8 Å². The number of thiol groups is 1. The zero-order chi connectivity index (χ0) is 14.8. The number of carbonyl (C=O) groups is 1. The van der Waals surface area contributed by atoms with Crippen LogP contribution >= 0.6 is 12.6 Å². The molecule has 106 valence electrons. The molecule has 0 saturated heterocycles. The molecule has 1 aromatic carbocycles. The molecule has 0 saturated carbocycles. The van der Waals surface area contributed by atoms with Crippen molar-refractivity contribution in [3.8, 4) is 0 Å². The van der Waals surface area contributed by atoms with Gasteiger partial charge in [-0.15, -0.1) is 12.6 Å². The molecule has 0 radical (unpaired) electrons. The first-order valence-corrected chi connectivity index (χ1v) is 6.62. The Morgan fingerprint density at radius 3 is 2.42 bits per heavy atom. The van der Waals surface area contributed by atoms with E-state index in [0.29, 0.717) is 12.2 Å². The van der Waals surface area contributed by atoms with E-state index in [-0.39, 0.29) is 0 Å². The maximum Gasteiger partial charge on any atom is 0.412 e. The fraction of sp³-hybridized carbons (Fsp3) is 0.500. The van der Waals surface area contributed by atoms with Crippen molar-refractivity contribution in [1.82, 2.24) is 0 Å². The number of rotatable bonds is 2. The highest BCUT2D eigenvalue weighted by Gasteiger charge is 2.18. The highest BCUT2D eigenvalue weighted by Crippen LogP contribution is 2.29. The predicted molar refractivity (Wildman–Crippen MR) is 80.9 cm³/mol. The lowest BCUT2D eigenvalue weighted by Gasteiger charge is -2.21. The van der Waals surface area contributed by atoms with Crippen LogP contribution in [0.3, 0.4) is 0 Å². The third kappa shape index (κ3) is 4.14. The molecule has 0 spiro atoms. The van der Waals surface area contributed by atoms with Crippen LogP contribution < -0.4 is 11.1 Å². The monoisotopic (exact) mass is 282 g/mol. The van der Waals surface area contributed by atoms with Crippen molar-refractivity contribution in [1.29, 1.82) is 0 Å². The molecular weight excluding hydrogens is 260 g/mol. The second-order valence-corrected chi connectivity index (χ2v) is 5.96. The highest BCUT2D eigenvalue weighted by atomic mass is 32.1. The van der Waals surface area contributed by atoms with Crippen LogP contribution in [0.15, 0.2) is 11.0 Å². The number of benzene rings is 1. The topological polar surface area (TPSA) is 64.3 Å². The summed E-state index contributed by atoms with van der Waals surface area (Å²) >= 11 is 4.47. The van der Waals surface area contributed by atoms with Gasteiger partial charge in [0.2, 0.25) is 0 Å². The van der Waals surface area contributed by atoms with Gasteiger partial charge in [-0.2, -0.15) is 0 Å². The van der Waals surface area contributed by atoms with Crippen LogP contribution in [0.1, 0.15) is 37.5 Å². The number of ether oxygens (including phenoxy) is 1. The standard InChI is InChI=1S/C14H22N2O2S/c1-8-10(7-15)6-11(9(2)12(8)19)16-13(17)18-14(3,4)5/h6,19H,7,15H2,1-5H3,(H,16,17). The second kappa shape index (κ2) is 5.84. The van der Waals surface area contributed by atoms with Crippen molar-refractivity contribution in [2.24, 2.45) is 5.73 Å². The molecule has 0 aliphatic heterocycles. The molecule has 0 heterocycles. The van der Waals surface area contributed by atoms with Gasteiger partial charge in [0.1, 0.15) is 5.60 Å². The number of nitrogens with one attached hydrogen (secondary N) is 1. The summed E-state index contributed by atoms with van der Waals surface area (Å²) in [6.07, 6.45) is -0.477. The molecule has 0 aliphatic rings. The smallest absolute Gasteiger partial charge is 0.412 e. The fourth-order valence-electron chi connectivity index (χ4n) is 1.71. The fourth-order valence-corrected chi connectivity index (χ4v) is 1.97. The predicted octanol–water partition coefficient (Wildman–Crippen LogP) is 3.40. The Balaban J connectivity index is 3.02. The summed E-state index contributed by atoms with van der Waals surface area (Å²) in [5.74, 6) is 0. The number of amides is 1. The number of anilines is 1. The molecule has 0 aromatic heterocycles. The van der Waals surface area contributed by atoms with E-state index in [2.05, 4.69) is 17.9 Å². The van der Waals surface area contributed by atoms with Crippen molar-refractivity contribution >= 4 is 24.4 Å². The van der Waals surface area contributed by atoms with E-state index in [1.165, 1.54) is 0 Å². The molecule has 3 N–H and O–H groups in total. The summed E-state index contributed by atoms with van der Waals surface area (Å²) in [5, 5.41) is 2.74. The van der Waals surface area contributed by atoms with E-state index in [9.17, 15) is 4.79 Å². The maximum atomic E-state index is 11.8. The Labute approximate surface area is 120 Å². The highest BCUT2D eigenvalue weighted by molar-refractivity contribution is 7.80. The number of hydrogen-bond donors (Lipinski definition) is 3. The minimum atomic E-state index is -0.525. The molecule has 0 fully saturated rings. The first kappa shape index (κ1) is 15.9. The van der Waals surface area contributed by atoms with Gasteiger partial charge >= 0.3 is 6.09 Å². The summed E-state index contributed by atoms with van der Waals surface area (Å²) in [5.41, 5.74) is 8.76. The molecule has 0 aliphatic carbocycles. The summed E-state index contributed by atoms with van der Waals surface area (Å²) in [4.78, 5) is 12.6. The number of nitrogens with two attached hydrogens (primary N) is 1. The van der Waals surface area contributed by atoms with E-state index >= 15 is 0 Å². The molecule has 5 heteroatoms. The largest absolute Gasteiger partial charge is 0.444 e. The molecule has 1 aromatic rings. The second-order valence-electron chi connectivity index (χ2n) is 5.51. The first-order valence-electron chi connectivity index (χ1n) is 6.18. The van der Waals surface area contributed by atoms with Gasteiger partial charge in [-0.1, -0.05) is 0 Å². The Morgan fingerprint density at radius 1 is 1.37 bits per heavy atom. The van der Waals surface area contributed by atoms with Gasteiger partial charge in [0.15, 0.2) is 0 Å². The Morgan fingerprint density at radius 2 is 1.95 bits per heavy atom. The molecular formula is C14H22N2O2S. The Hall–Kier alpha value is -1.20. The van der Waals surface area contributed by atoms with Crippen LogP contribution in [-0.4, -0.2) is 11.7 Å². The van der Waals surface area contributed by atoms with Crippen molar-refractivity contribution in [2.45, 2.75) is 51.7 Å². The summed E-state index contributed by atoms with van der Waals surface area (Å²) < 4.78 is 5.23. The van der Waals surface area contributed by atoms with Crippen LogP contribution in [0.5, 0.6) is 0 Å². The van der Waals surface area contributed by atoms with Crippen molar-refractivity contribution in [2.75, 3.05) is 5.32 Å². The van der Waals surface area contributed by atoms with E-state index in [1.54, 1.807) is 0 Å². The lowest BCUT2D eigenvalue weighted by atomic mass is 10.0. The Kier molecular flexibility index (Phi) is 4.87. The lowest BCUT2D eigenvalue weighted by Crippen LogP contribution is -2.27. The van der Waals surface area contributed by atoms with Gasteiger partial charge in [0.25, 0.3) is 0 Å². The average Bonchev–Trinajstić information content (AvgIpc) is 2.27. The Bertz CT molecular complexity index is 493. The molecule has 1 amide bonds. The van der Waals surface area contributed by atoms with Gasteiger partial charge in [0.05, 0.1) is 0 Å². The third-order valence-corrected chi connectivity index (χ3v) is 3.44. The van der Waals surface area contributed by atoms with E-state index in [4.69, 9.17) is 10.5 Å². The number of hydrogen-bond acceptors (Lipinski definition) is 4. The summed E-state index contributed by atoms with van der Waals surface area (Å²) in [6, 6.07) is 1.87. The molecule has 0 unspecified atom stereocenters. The van der Waals surface area contributed by atoms with Crippen molar-refractivity contribution in [3.63, 3.8) is 0 Å². The minimum Gasteiger partial charge on any atom is -0.444 e. The van der Waals surface area contributed by atoms with E-state index in [0.717, 1.165) is 21.6 Å². The molecule has 0 bridgehead atoms. The normalized spacial score (nSPS) is 11.3. The minimum absolute atomic E-state index is 0.405. The third-order valence-electron chi connectivity index (χ3n) is 2.77. The lowest BCUT2D eigenvalue weighted by molar-refractivity contribution is 0.0636. The van der Waals surface area contributed by atoms with Gasteiger partial charge in [0, 0.05) is 17.1 Å². The van der Waals surface area contributed by atoms with Crippen LogP contribution in [0.4, 0.5) is 10.5 Å². The number of carbonyl (C=O) groups excluding carboxylic acids is 1. The van der Waals surface area contributed by atoms with Crippen LogP contribution in [0.25, 0.3) is 0 Å². The van der Waals surface area contributed by atoms with Crippen molar-refractivity contribution < 1.29 is 9.53 Å². The zero-order valence-electron chi connectivity index (χ0n) is 12.1. The zero-order valence-corrected chi connectivity index (χ0v) is 13.0. The maximum absolute atomic E-state index is 11.8. The SMILES string of the molecule is Cc1c(CN)cc(NC(=O)OC(C)(C)C)c(C)c1S. The van der Waals surface area contributed by atoms with Gasteiger partial charge in [-0.3, -0.25) is 5.32 Å². The summed E-state index contributed by atoms with van der Waals surface area (Å²) in [6.45, 7) is 9.75. The first-order chi connectivity index (χ1) is 8.65. The van der Waals surface area contributed by atoms with Gasteiger partial charge in [-0.25, -0.2) is 4.79 Å². The average molecular weight is 282 g/mol. The van der Waals surface area contributed by atoms with Crippen LogP contribution in [-0.2, 0) is 11.3 Å². The quantitative estimate of drug-likeness (QED) is 0.728.